The van der Waals surface area contributed by atoms with Crippen LogP contribution in [0.5, 0.6) is 0 Å². The minimum Gasteiger partial charge on any atom is -0.379 e. The third-order valence-electron chi connectivity index (χ3n) is 3.69. The maximum atomic E-state index is 5.36. The Balaban J connectivity index is 1.75. The van der Waals surface area contributed by atoms with E-state index in [1.165, 1.54) is 0 Å². The van der Waals surface area contributed by atoms with Gasteiger partial charge in [0.2, 0.25) is 0 Å². The van der Waals surface area contributed by atoms with Crippen molar-refractivity contribution in [3.8, 4) is 0 Å². The zero-order chi connectivity index (χ0) is 13.9. The van der Waals surface area contributed by atoms with Crippen LogP contribution in [0, 0.1) is 0 Å². The molecule has 0 aliphatic carbocycles. The molecule has 1 saturated heterocycles. The van der Waals surface area contributed by atoms with E-state index < -0.39 is 0 Å². The highest BCUT2D eigenvalue weighted by molar-refractivity contribution is 5.69. The lowest BCUT2D eigenvalue weighted by atomic mass is 10.1. The molecule has 0 amide bonds. The van der Waals surface area contributed by atoms with E-state index in [1.54, 1.807) is 6.20 Å². The van der Waals surface area contributed by atoms with Gasteiger partial charge < -0.3 is 4.74 Å². The molecule has 1 fully saturated rings. The molecule has 108 valence electrons. The minimum absolute atomic E-state index is 0.384. The molecule has 1 aliphatic heterocycles. The average molecular weight is 275 g/mol. The summed E-state index contributed by atoms with van der Waals surface area (Å²) in [5.74, 6) is 0.384. The first kappa shape index (κ1) is 13.5. The summed E-state index contributed by atoms with van der Waals surface area (Å²) in [6, 6.07) is 0. The second kappa shape index (κ2) is 5.85. The Morgan fingerprint density at radius 1 is 1.20 bits per heavy atom. The Morgan fingerprint density at radius 3 is 2.75 bits per heavy atom. The highest BCUT2D eigenvalue weighted by Crippen LogP contribution is 2.15. The maximum absolute atomic E-state index is 5.36. The molecule has 0 radical (unpaired) electrons. The summed E-state index contributed by atoms with van der Waals surface area (Å²) in [7, 11) is 0. The van der Waals surface area contributed by atoms with E-state index in [9.17, 15) is 0 Å². The van der Waals surface area contributed by atoms with Gasteiger partial charge in [0.15, 0.2) is 5.65 Å². The summed E-state index contributed by atoms with van der Waals surface area (Å²) in [5.41, 5.74) is 2.78. The Hall–Kier alpha value is -1.53. The first-order chi connectivity index (χ1) is 9.74. The average Bonchev–Trinajstić information content (AvgIpc) is 2.88. The van der Waals surface area contributed by atoms with E-state index in [1.807, 2.05) is 10.9 Å². The van der Waals surface area contributed by atoms with Crippen molar-refractivity contribution in [1.82, 2.24) is 24.6 Å². The predicted octanol–water partition coefficient (Wildman–Crippen LogP) is 1.28. The number of nitrogens with zero attached hydrogens (tertiary/aromatic N) is 5. The molecule has 2 aromatic rings. The van der Waals surface area contributed by atoms with E-state index in [4.69, 9.17) is 9.72 Å². The van der Waals surface area contributed by atoms with Crippen LogP contribution in [0.25, 0.3) is 11.2 Å². The zero-order valence-electron chi connectivity index (χ0n) is 12.1. The first-order valence-electron chi connectivity index (χ1n) is 7.22. The highest BCUT2D eigenvalue weighted by atomic mass is 16.5. The largest absolute Gasteiger partial charge is 0.379 e. The Morgan fingerprint density at radius 2 is 2.00 bits per heavy atom. The molecular weight excluding hydrogens is 254 g/mol. The van der Waals surface area contributed by atoms with Crippen molar-refractivity contribution in [1.29, 1.82) is 0 Å². The van der Waals surface area contributed by atoms with E-state index in [0.29, 0.717) is 5.92 Å². The van der Waals surface area contributed by atoms with Gasteiger partial charge in [0.25, 0.3) is 0 Å². The fourth-order valence-corrected chi connectivity index (χ4v) is 2.36. The molecule has 0 bridgehead atoms. The molecule has 0 atom stereocenters. The lowest BCUT2D eigenvalue weighted by Gasteiger charge is -2.26. The van der Waals surface area contributed by atoms with Crippen LogP contribution < -0.4 is 0 Å². The Kier molecular flexibility index (Phi) is 3.93. The van der Waals surface area contributed by atoms with Crippen LogP contribution >= 0.6 is 0 Å². The third kappa shape index (κ3) is 2.81. The normalized spacial score (nSPS) is 17.1. The first-order valence-corrected chi connectivity index (χ1v) is 7.22. The summed E-state index contributed by atoms with van der Waals surface area (Å²) in [4.78, 5) is 11.5. The monoisotopic (exact) mass is 275 g/mol. The Labute approximate surface area is 118 Å². The van der Waals surface area contributed by atoms with E-state index in [0.717, 1.165) is 56.3 Å². The van der Waals surface area contributed by atoms with Crippen LogP contribution in [0.2, 0.25) is 0 Å². The third-order valence-corrected chi connectivity index (χ3v) is 3.69. The lowest BCUT2D eigenvalue weighted by Crippen LogP contribution is -2.38. The zero-order valence-corrected chi connectivity index (χ0v) is 12.1. The van der Waals surface area contributed by atoms with Crippen molar-refractivity contribution >= 4 is 11.2 Å². The molecule has 0 N–H and O–H groups in total. The number of hydrogen-bond acceptors (Lipinski definition) is 5. The SMILES string of the molecule is CC(C)c1cnc2cnn(CCN3CCOCC3)c2n1. The van der Waals surface area contributed by atoms with Crippen molar-refractivity contribution in [3.05, 3.63) is 18.1 Å². The Bertz CT molecular complexity index is 574. The molecule has 3 heterocycles. The smallest absolute Gasteiger partial charge is 0.177 e. The quantitative estimate of drug-likeness (QED) is 0.841. The van der Waals surface area contributed by atoms with E-state index in [2.05, 4.69) is 28.8 Å². The molecule has 0 aromatic carbocycles. The molecule has 20 heavy (non-hydrogen) atoms. The molecule has 1 aliphatic rings. The molecule has 6 heteroatoms. The van der Waals surface area contributed by atoms with Gasteiger partial charge in [0.1, 0.15) is 5.52 Å². The second-order valence-corrected chi connectivity index (χ2v) is 5.48. The van der Waals surface area contributed by atoms with Crippen molar-refractivity contribution < 1.29 is 4.74 Å². The van der Waals surface area contributed by atoms with Gasteiger partial charge in [0.05, 0.1) is 31.6 Å². The number of morpholine rings is 1. The molecular formula is C14H21N5O. The summed E-state index contributed by atoms with van der Waals surface area (Å²) in [6.45, 7) is 9.75. The highest BCUT2D eigenvalue weighted by Gasteiger charge is 2.12. The lowest BCUT2D eigenvalue weighted by molar-refractivity contribution is 0.0361. The minimum atomic E-state index is 0.384. The number of fused-ring (bicyclic) bond motifs is 1. The van der Waals surface area contributed by atoms with Gasteiger partial charge in [-0.2, -0.15) is 5.10 Å². The van der Waals surface area contributed by atoms with Crippen LogP contribution in [0.3, 0.4) is 0 Å². The van der Waals surface area contributed by atoms with Gasteiger partial charge in [-0.3, -0.25) is 4.90 Å². The molecule has 6 nitrogen and oxygen atoms in total. The summed E-state index contributed by atoms with van der Waals surface area (Å²) in [5, 5.41) is 4.41. The standard InChI is InChI=1S/C14H21N5O/c1-11(2)12-9-15-13-10-16-19(14(13)17-12)4-3-18-5-7-20-8-6-18/h9-11H,3-8H2,1-2H3. The number of aromatic nitrogens is 4. The van der Waals surface area contributed by atoms with Gasteiger partial charge in [-0.1, -0.05) is 13.8 Å². The predicted molar refractivity (Wildman–Crippen MR) is 76.7 cm³/mol. The maximum Gasteiger partial charge on any atom is 0.177 e. The topological polar surface area (TPSA) is 56.1 Å². The van der Waals surface area contributed by atoms with Crippen molar-refractivity contribution in [3.63, 3.8) is 0 Å². The molecule has 3 rings (SSSR count). The molecule has 0 unspecified atom stereocenters. The molecule has 0 saturated carbocycles. The molecule has 0 spiro atoms. The summed E-state index contributed by atoms with van der Waals surface area (Å²) in [6.07, 6.45) is 3.65. The van der Waals surface area contributed by atoms with Crippen molar-refractivity contribution in [2.24, 2.45) is 0 Å². The summed E-state index contributed by atoms with van der Waals surface area (Å²) < 4.78 is 7.32. The van der Waals surface area contributed by atoms with Crippen LogP contribution in [0.15, 0.2) is 12.4 Å². The van der Waals surface area contributed by atoms with Gasteiger partial charge in [0, 0.05) is 25.8 Å². The summed E-state index contributed by atoms with van der Waals surface area (Å²) >= 11 is 0. The van der Waals surface area contributed by atoms with Crippen LogP contribution in [-0.4, -0.2) is 57.5 Å². The van der Waals surface area contributed by atoms with Crippen LogP contribution in [-0.2, 0) is 11.3 Å². The fraction of sp³-hybridized carbons (Fsp3) is 0.643. The number of rotatable bonds is 4. The fourth-order valence-electron chi connectivity index (χ4n) is 2.36. The van der Waals surface area contributed by atoms with Crippen molar-refractivity contribution in [2.75, 3.05) is 32.8 Å². The van der Waals surface area contributed by atoms with Gasteiger partial charge >= 0.3 is 0 Å². The van der Waals surface area contributed by atoms with E-state index in [-0.39, 0.29) is 0 Å². The van der Waals surface area contributed by atoms with Gasteiger partial charge in [-0.05, 0) is 5.92 Å². The van der Waals surface area contributed by atoms with Crippen LogP contribution in [0.4, 0.5) is 0 Å². The van der Waals surface area contributed by atoms with Crippen molar-refractivity contribution in [2.45, 2.75) is 26.3 Å². The molecule has 2 aromatic heterocycles. The second-order valence-electron chi connectivity index (χ2n) is 5.48. The van der Waals surface area contributed by atoms with E-state index >= 15 is 0 Å². The van der Waals surface area contributed by atoms with Crippen LogP contribution in [0.1, 0.15) is 25.5 Å². The van der Waals surface area contributed by atoms with Gasteiger partial charge in [-0.25, -0.2) is 14.6 Å². The number of ether oxygens (including phenoxy) is 1. The van der Waals surface area contributed by atoms with Gasteiger partial charge in [-0.15, -0.1) is 0 Å². The number of hydrogen-bond donors (Lipinski definition) is 0.